The number of carbonyl (C=O) groups is 2. The first-order chi connectivity index (χ1) is 11.4. The number of rotatable bonds is 6. The van der Waals surface area contributed by atoms with Crippen LogP contribution < -0.4 is 10.6 Å². The van der Waals surface area contributed by atoms with E-state index in [1.54, 1.807) is 19.2 Å². The number of amides is 2. The van der Waals surface area contributed by atoms with Gasteiger partial charge in [-0.1, -0.05) is 29.3 Å². The van der Waals surface area contributed by atoms with Crippen molar-refractivity contribution in [3.63, 3.8) is 0 Å². The van der Waals surface area contributed by atoms with E-state index in [1.807, 2.05) is 0 Å². The Kier molecular flexibility index (Phi) is 6.11. The average molecular weight is 370 g/mol. The molecule has 0 atom stereocenters. The Bertz CT molecular complexity index is 759. The third kappa shape index (κ3) is 4.43. The number of nitrogens with one attached hydrogen (secondary N) is 2. The van der Waals surface area contributed by atoms with Gasteiger partial charge in [0.2, 0.25) is 0 Å². The van der Waals surface area contributed by atoms with Crippen molar-refractivity contribution in [3.05, 3.63) is 51.8 Å². The summed E-state index contributed by atoms with van der Waals surface area (Å²) in [4.78, 5) is 23.9. The molecular formula is C16H17Cl2N3O3. The maximum absolute atomic E-state index is 12.0. The summed E-state index contributed by atoms with van der Waals surface area (Å²) >= 11 is 11.8. The zero-order valence-electron chi connectivity index (χ0n) is 13.0. The van der Waals surface area contributed by atoms with E-state index < -0.39 is 0 Å². The van der Waals surface area contributed by atoms with Crippen LogP contribution in [0.2, 0.25) is 10.2 Å². The molecule has 8 heteroatoms. The fraction of sp³-hybridized carbons (Fsp3) is 0.250. The van der Waals surface area contributed by atoms with E-state index in [-0.39, 0.29) is 17.6 Å². The fourth-order valence-corrected chi connectivity index (χ4v) is 2.47. The highest BCUT2D eigenvalue weighted by atomic mass is 35.5. The van der Waals surface area contributed by atoms with Crippen LogP contribution in [-0.4, -0.2) is 34.6 Å². The van der Waals surface area contributed by atoms with E-state index in [9.17, 15) is 14.7 Å². The van der Waals surface area contributed by atoms with E-state index >= 15 is 0 Å². The molecule has 1 heterocycles. The molecule has 0 saturated heterocycles. The van der Waals surface area contributed by atoms with Crippen molar-refractivity contribution in [2.24, 2.45) is 7.05 Å². The number of nitrogens with zero attached hydrogens (tertiary/aromatic N) is 1. The van der Waals surface area contributed by atoms with Gasteiger partial charge in [-0.3, -0.25) is 9.59 Å². The van der Waals surface area contributed by atoms with Crippen LogP contribution in [0.1, 0.15) is 27.3 Å². The molecule has 3 N–H and O–H groups in total. The van der Waals surface area contributed by atoms with Crippen LogP contribution in [-0.2, 0) is 7.05 Å². The first kappa shape index (κ1) is 18.2. The lowest BCUT2D eigenvalue weighted by molar-refractivity contribution is 0.0945. The highest BCUT2D eigenvalue weighted by molar-refractivity contribution is 6.41. The van der Waals surface area contributed by atoms with Crippen LogP contribution in [0.3, 0.4) is 0 Å². The lowest BCUT2D eigenvalue weighted by atomic mass is 10.2. The minimum atomic E-state index is -0.286. The summed E-state index contributed by atoms with van der Waals surface area (Å²) in [6.45, 7) is 0.781. The molecule has 2 rings (SSSR count). The molecule has 0 aliphatic carbocycles. The molecule has 0 bridgehead atoms. The van der Waals surface area contributed by atoms with Crippen LogP contribution in [0.15, 0.2) is 30.3 Å². The number of phenolic OH excluding ortho intramolecular Hbond substituents is 1. The Morgan fingerprint density at radius 3 is 2.38 bits per heavy atom. The standard InChI is InChI=1S/C16H17Cl2N3O3/c1-21-13(9-12(17)14(21)18)16(24)20-7-3-6-19-15(23)10-4-2-5-11(22)8-10/h2,4-5,8-9,22H,3,6-7H2,1H3,(H,19,23)(H,20,24). The first-order valence-electron chi connectivity index (χ1n) is 7.26. The quantitative estimate of drug-likeness (QED) is 0.684. The molecule has 24 heavy (non-hydrogen) atoms. The number of halogens is 2. The molecule has 0 aliphatic heterocycles. The number of hydrogen-bond acceptors (Lipinski definition) is 3. The van der Waals surface area contributed by atoms with E-state index in [1.165, 1.54) is 22.8 Å². The van der Waals surface area contributed by atoms with Gasteiger partial charge in [0.1, 0.15) is 16.6 Å². The number of aromatic hydroxyl groups is 1. The highest BCUT2D eigenvalue weighted by Crippen LogP contribution is 2.24. The number of aromatic nitrogens is 1. The molecule has 0 fully saturated rings. The number of benzene rings is 1. The molecular weight excluding hydrogens is 353 g/mol. The highest BCUT2D eigenvalue weighted by Gasteiger charge is 2.15. The summed E-state index contributed by atoms with van der Waals surface area (Å²) in [6.07, 6.45) is 0.558. The van der Waals surface area contributed by atoms with Crippen molar-refractivity contribution in [2.75, 3.05) is 13.1 Å². The van der Waals surface area contributed by atoms with Crippen LogP contribution in [0, 0.1) is 0 Å². The molecule has 1 aromatic heterocycles. The number of carbonyl (C=O) groups excluding carboxylic acids is 2. The molecule has 128 valence electrons. The number of phenols is 1. The molecule has 0 radical (unpaired) electrons. The van der Waals surface area contributed by atoms with Gasteiger partial charge in [0, 0.05) is 25.7 Å². The first-order valence-corrected chi connectivity index (χ1v) is 8.02. The second kappa shape index (κ2) is 8.08. The second-order valence-corrected chi connectivity index (χ2v) is 5.91. The molecule has 2 aromatic rings. The molecule has 1 aromatic carbocycles. The lowest BCUT2D eigenvalue weighted by Crippen LogP contribution is -2.30. The van der Waals surface area contributed by atoms with Crippen molar-refractivity contribution in [1.82, 2.24) is 15.2 Å². The van der Waals surface area contributed by atoms with Gasteiger partial charge < -0.3 is 20.3 Å². The summed E-state index contributed by atoms with van der Waals surface area (Å²) in [6, 6.07) is 7.59. The van der Waals surface area contributed by atoms with Crippen molar-refractivity contribution in [2.45, 2.75) is 6.42 Å². The van der Waals surface area contributed by atoms with Gasteiger partial charge in [-0.25, -0.2) is 0 Å². The van der Waals surface area contributed by atoms with E-state index in [4.69, 9.17) is 23.2 Å². The Morgan fingerprint density at radius 1 is 1.12 bits per heavy atom. The van der Waals surface area contributed by atoms with Crippen molar-refractivity contribution < 1.29 is 14.7 Å². The Labute approximate surface area is 149 Å². The predicted octanol–water partition coefficient (Wildman–Crippen LogP) is 2.59. The minimum Gasteiger partial charge on any atom is -0.508 e. The largest absolute Gasteiger partial charge is 0.508 e. The predicted molar refractivity (Wildman–Crippen MR) is 92.8 cm³/mol. The summed E-state index contributed by atoms with van der Waals surface area (Å²) < 4.78 is 1.50. The van der Waals surface area contributed by atoms with Crippen LogP contribution in [0.5, 0.6) is 5.75 Å². The summed E-state index contributed by atoms with van der Waals surface area (Å²) in [5.41, 5.74) is 0.751. The van der Waals surface area contributed by atoms with Gasteiger partial charge in [-0.05, 0) is 30.7 Å². The molecule has 0 aliphatic rings. The minimum absolute atomic E-state index is 0.0369. The molecule has 0 unspecified atom stereocenters. The topological polar surface area (TPSA) is 83.4 Å². The van der Waals surface area contributed by atoms with Gasteiger partial charge in [0.15, 0.2) is 0 Å². The van der Waals surface area contributed by atoms with Gasteiger partial charge >= 0.3 is 0 Å². The normalized spacial score (nSPS) is 10.5. The lowest BCUT2D eigenvalue weighted by Gasteiger charge is -2.08. The average Bonchev–Trinajstić information content (AvgIpc) is 2.81. The number of hydrogen-bond donors (Lipinski definition) is 3. The monoisotopic (exact) mass is 369 g/mol. The zero-order valence-corrected chi connectivity index (χ0v) is 14.5. The van der Waals surface area contributed by atoms with Crippen LogP contribution in [0.4, 0.5) is 0 Å². The smallest absolute Gasteiger partial charge is 0.267 e. The third-order valence-electron chi connectivity index (χ3n) is 3.38. The summed E-state index contributed by atoms with van der Waals surface area (Å²) in [7, 11) is 1.65. The Hall–Kier alpha value is -2.18. The maximum atomic E-state index is 12.0. The van der Waals surface area contributed by atoms with Crippen molar-refractivity contribution in [3.8, 4) is 5.75 Å². The third-order valence-corrected chi connectivity index (χ3v) is 4.22. The molecule has 0 saturated carbocycles. The van der Waals surface area contributed by atoms with E-state index in [0.29, 0.717) is 40.9 Å². The van der Waals surface area contributed by atoms with Crippen molar-refractivity contribution >= 4 is 35.0 Å². The summed E-state index contributed by atoms with van der Waals surface area (Å²) in [5, 5.41) is 15.4. The van der Waals surface area contributed by atoms with E-state index in [0.717, 1.165) is 0 Å². The van der Waals surface area contributed by atoms with Gasteiger partial charge in [-0.2, -0.15) is 0 Å². The molecule has 6 nitrogen and oxygen atoms in total. The zero-order chi connectivity index (χ0) is 17.7. The van der Waals surface area contributed by atoms with Gasteiger partial charge in [0.25, 0.3) is 11.8 Å². The Morgan fingerprint density at radius 2 is 1.79 bits per heavy atom. The summed E-state index contributed by atoms with van der Waals surface area (Å²) in [5.74, 6) is -0.529. The van der Waals surface area contributed by atoms with Crippen LogP contribution in [0.25, 0.3) is 0 Å². The SMILES string of the molecule is Cn1c(C(=O)NCCCNC(=O)c2cccc(O)c2)cc(Cl)c1Cl. The van der Waals surface area contributed by atoms with Crippen molar-refractivity contribution in [1.29, 1.82) is 0 Å². The fourth-order valence-electron chi connectivity index (χ4n) is 2.09. The van der Waals surface area contributed by atoms with E-state index in [2.05, 4.69) is 10.6 Å². The van der Waals surface area contributed by atoms with Crippen LogP contribution >= 0.6 is 23.2 Å². The van der Waals surface area contributed by atoms with Gasteiger partial charge in [0.05, 0.1) is 5.02 Å². The molecule has 0 spiro atoms. The molecule has 2 amide bonds. The maximum Gasteiger partial charge on any atom is 0.267 e. The second-order valence-electron chi connectivity index (χ2n) is 5.14. The Balaban J connectivity index is 1.74. The van der Waals surface area contributed by atoms with Gasteiger partial charge in [-0.15, -0.1) is 0 Å².